The highest BCUT2D eigenvalue weighted by Crippen LogP contribution is 2.18. The summed E-state index contributed by atoms with van der Waals surface area (Å²) in [6, 6.07) is 16.8. The first-order valence-corrected chi connectivity index (χ1v) is 9.33. The normalized spacial score (nSPS) is 10.5. The summed E-state index contributed by atoms with van der Waals surface area (Å²) in [7, 11) is 0. The molecule has 0 radical (unpaired) electrons. The molecule has 8 heteroatoms. The molecule has 0 fully saturated rings. The van der Waals surface area contributed by atoms with Crippen LogP contribution in [-0.4, -0.2) is 40.0 Å². The Morgan fingerprint density at radius 3 is 2.69 bits per heavy atom. The van der Waals surface area contributed by atoms with Gasteiger partial charge in [-0.2, -0.15) is 0 Å². The number of thioether (sulfide) groups is 1. The molecule has 3 rings (SSSR count). The van der Waals surface area contributed by atoms with E-state index in [0.717, 1.165) is 5.56 Å². The van der Waals surface area contributed by atoms with Crippen LogP contribution >= 0.6 is 23.4 Å². The highest BCUT2D eigenvalue weighted by molar-refractivity contribution is 7.99. The van der Waals surface area contributed by atoms with Crippen LogP contribution in [0.5, 0.6) is 5.75 Å². The second-order valence-electron chi connectivity index (χ2n) is 5.27. The number of rotatable bonds is 8. The van der Waals surface area contributed by atoms with Gasteiger partial charge in [-0.25, -0.2) is 4.98 Å². The van der Waals surface area contributed by atoms with Gasteiger partial charge in [0.05, 0.1) is 12.3 Å². The van der Waals surface area contributed by atoms with Gasteiger partial charge in [0.25, 0.3) is 0 Å². The van der Waals surface area contributed by atoms with Crippen LogP contribution in [0.3, 0.4) is 0 Å². The van der Waals surface area contributed by atoms with E-state index in [-0.39, 0.29) is 11.7 Å². The minimum atomic E-state index is -0.0965. The van der Waals surface area contributed by atoms with Crippen molar-refractivity contribution in [3.8, 4) is 17.1 Å². The first-order chi connectivity index (χ1) is 12.7. The number of carbonyl (C=O) groups is 1. The summed E-state index contributed by atoms with van der Waals surface area (Å²) in [6.07, 6.45) is 0. The zero-order valence-corrected chi connectivity index (χ0v) is 15.4. The Morgan fingerprint density at radius 1 is 1.15 bits per heavy atom. The Labute approximate surface area is 160 Å². The van der Waals surface area contributed by atoms with Gasteiger partial charge in [0.1, 0.15) is 12.4 Å². The van der Waals surface area contributed by atoms with E-state index in [2.05, 4.69) is 20.5 Å². The van der Waals surface area contributed by atoms with E-state index in [4.69, 9.17) is 16.3 Å². The van der Waals surface area contributed by atoms with E-state index in [1.807, 2.05) is 30.3 Å². The molecule has 1 heterocycles. The maximum atomic E-state index is 11.9. The highest BCUT2D eigenvalue weighted by Gasteiger charge is 2.08. The molecule has 0 atom stereocenters. The van der Waals surface area contributed by atoms with E-state index in [1.54, 1.807) is 24.3 Å². The summed E-state index contributed by atoms with van der Waals surface area (Å²) in [5.74, 6) is 1.55. The number of nitrogens with one attached hydrogen (secondary N) is 2. The predicted molar refractivity (Wildman–Crippen MR) is 102 cm³/mol. The minimum Gasteiger partial charge on any atom is -0.492 e. The lowest BCUT2D eigenvalue weighted by molar-refractivity contribution is -0.118. The molecule has 1 amide bonds. The number of H-pyrrole nitrogens is 1. The van der Waals surface area contributed by atoms with Gasteiger partial charge in [0.2, 0.25) is 11.1 Å². The average molecular weight is 389 g/mol. The molecule has 0 aliphatic heterocycles. The van der Waals surface area contributed by atoms with Gasteiger partial charge in [-0.05, 0) is 24.3 Å². The summed E-state index contributed by atoms with van der Waals surface area (Å²) in [5.41, 5.74) is 0.954. The zero-order valence-electron chi connectivity index (χ0n) is 13.8. The van der Waals surface area contributed by atoms with Crippen LogP contribution < -0.4 is 10.1 Å². The van der Waals surface area contributed by atoms with Crippen molar-refractivity contribution in [1.29, 1.82) is 0 Å². The van der Waals surface area contributed by atoms with Crippen molar-refractivity contribution < 1.29 is 9.53 Å². The average Bonchev–Trinajstić information content (AvgIpc) is 3.15. The van der Waals surface area contributed by atoms with E-state index >= 15 is 0 Å². The van der Waals surface area contributed by atoms with Crippen LogP contribution in [0.25, 0.3) is 11.4 Å². The van der Waals surface area contributed by atoms with Gasteiger partial charge in [0, 0.05) is 10.6 Å². The molecule has 26 heavy (non-hydrogen) atoms. The second-order valence-corrected chi connectivity index (χ2v) is 6.65. The third kappa shape index (κ3) is 5.50. The van der Waals surface area contributed by atoms with Crippen molar-refractivity contribution in [3.63, 3.8) is 0 Å². The molecule has 3 aromatic rings. The number of hydrogen-bond acceptors (Lipinski definition) is 5. The predicted octanol–water partition coefficient (Wildman–Crippen LogP) is 3.41. The van der Waals surface area contributed by atoms with Crippen LogP contribution in [0, 0.1) is 0 Å². The Bertz CT molecular complexity index is 840. The molecule has 0 saturated carbocycles. The van der Waals surface area contributed by atoms with Crippen LogP contribution in [0.4, 0.5) is 0 Å². The Morgan fingerprint density at radius 2 is 1.92 bits per heavy atom. The number of hydrogen-bond donors (Lipinski definition) is 2. The number of amides is 1. The van der Waals surface area contributed by atoms with Crippen LogP contribution in [0.2, 0.25) is 5.02 Å². The van der Waals surface area contributed by atoms with Gasteiger partial charge < -0.3 is 10.1 Å². The second kappa shape index (κ2) is 9.26. The SMILES string of the molecule is O=C(CSc1n[nH]c(-c2ccccc2)n1)NCCOc1ccc(Cl)cc1. The van der Waals surface area contributed by atoms with E-state index in [1.165, 1.54) is 11.8 Å². The summed E-state index contributed by atoms with van der Waals surface area (Å²) >= 11 is 7.09. The minimum absolute atomic E-state index is 0.0965. The number of aromatic nitrogens is 3. The summed E-state index contributed by atoms with van der Waals surface area (Å²) in [4.78, 5) is 16.3. The van der Waals surface area contributed by atoms with E-state index in [0.29, 0.717) is 34.9 Å². The van der Waals surface area contributed by atoms with Crippen molar-refractivity contribution in [2.24, 2.45) is 0 Å². The van der Waals surface area contributed by atoms with Gasteiger partial charge in [-0.1, -0.05) is 53.7 Å². The number of aromatic amines is 1. The number of nitrogens with zero attached hydrogens (tertiary/aromatic N) is 2. The van der Waals surface area contributed by atoms with Gasteiger partial charge in [-0.3, -0.25) is 9.89 Å². The van der Waals surface area contributed by atoms with Crippen molar-refractivity contribution in [2.75, 3.05) is 18.9 Å². The number of halogens is 1. The summed E-state index contributed by atoms with van der Waals surface area (Å²) in [6.45, 7) is 0.808. The van der Waals surface area contributed by atoms with Gasteiger partial charge >= 0.3 is 0 Å². The summed E-state index contributed by atoms with van der Waals surface area (Å²) < 4.78 is 5.52. The third-order valence-corrected chi connectivity index (χ3v) is 4.45. The molecule has 0 aliphatic rings. The fraction of sp³-hybridized carbons (Fsp3) is 0.167. The molecule has 0 aliphatic carbocycles. The number of ether oxygens (including phenoxy) is 1. The fourth-order valence-electron chi connectivity index (χ4n) is 2.11. The van der Waals surface area contributed by atoms with E-state index < -0.39 is 0 Å². The number of benzene rings is 2. The lowest BCUT2D eigenvalue weighted by Crippen LogP contribution is -2.29. The molecule has 6 nitrogen and oxygen atoms in total. The van der Waals surface area contributed by atoms with Crippen LogP contribution in [-0.2, 0) is 4.79 Å². The van der Waals surface area contributed by atoms with Gasteiger partial charge in [-0.15, -0.1) is 5.10 Å². The largest absolute Gasteiger partial charge is 0.492 e. The molecule has 134 valence electrons. The van der Waals surface area contributed by atoms with Crippen LogP contribution in [0.1, 0.15) is 0 Å². The molecule has 0 unspecified atom stereocenters. The van der Waals surface area contributed by atoms with E-state index in [9.17, 15) is 4.79 Å². The Balaban J connectivity index is 1.36. The Hall–Kier alpha value is -2.51. The van der Waals surface area contributed by atoms with Crippen LogP contribution in [0.15, 0.2) is 59.8 Å². The lowest BCUT2D eigenvalue weighted by Gasteiger charge is -2.07. The quantitative estimate of drug-likeness (QED) is 0.456. The van der Waals surface area contributed by atoms with Crippen molar-refractivity contribution in [2.45, 2.75) is 5.16 Å². The summed E-state index contributed by atoms with van der Waals surface area (Å²) in [5, 5.41) is 11.0. The monoisotopic (exact) mass is 388 g/mol. The zero-order chi connectivity index (χ0) is 18.2. The smallest absolute Gasteiger partial charge is 0.230 e. The first kappa shape index (κ1) is 18.3. The molecule has 1 aromatic heterocycles. The molecule has 0 saturated heterocycles. The van der Waals surface area contributed by atoms with Gasteiger partial charge in [0.15, 0.2) is 5.82 Å². The topological polar surface area (TPSA) is 79.9 Å². The molecular weight excluding hydrogens is 372 g/mol. The Kier molecular flexibility index (Phi) is 6.51. The first-order valence-electron chi connectivity index (χ1n) is 7.96. The fourth-order valence-corrected chi connectivity index (χ4v) is 2.86. The molecule has 2 aromatic carbocycles. The molecular formula is C18H17ClN4O2S. The number of carbonyl (C=O) groups excluding carboxylic acids is 1. The lowest BCUT2D eigenvalue weighted by atomic mass is 10.2. The van der Waals surface area contributed by atoms with Crippen molar-refractivity contribution >= 4 is 29.3 Å². The molecule has 0 spiro atoms. The maximum Gasteiger partial charge on any atom is 0.230 e. The van der Waals surface area contributed by atoms with Crippen molar-refractivity contribution in [3.05, 3.63) is 59.6 Å². The molecule has 2 N–H and O–H groups in total. The molecule has 0 bridgehead atoms. The van der Waals surface area contributed by atoms with Crippen molar-refractivity contribution in [1.82, 2.24) is 20.5 Å². The standard InChI is InChI=1S/C18H17ClN4O2S/c19-14-6-8-15(9-7-14)25-11-10-20-16(24)12-26-18-21-17(22-23-18)13-4-2-1-3-5-13/h1-9H,10-12H2,(H,20,24)(H,21,22,23). The maximum absolute atomic E-state index is 11.9. The highest BCUT2D eigenvalue weighted by atomic mass is 35.5. The third-order valence-electron chi connectivity index (χ3n) is 3.35.